The second-order valence-electron chi connectivity index (χ2n) is 4.37. The molecule has 3 heteroatoms. The molecule has 2 aliphatic rings. The van der Waals surface area contributed by atoms with Gasteiger partial charge in [0.05, 0.1) is 6.10 Å². The highest BCUT2D eigenvalue weighted by molar-refractivity contribution is 8.00. The Bertz CT molecular complexity index is 170. The van der Waals surface area contributed by atoms with Gasteiger partial charge in [0, 0.05) is 11.3 Å². The van der Waals surface area contributed by atoms with Gasteiger partial charge < -0.3 is 10.4 Å². The van der Waals surface area contributed by atoms with Gasteiger partial charge in [-0.1, -0.05) is 6.92 Å². The summed E-state index contributed by atoms with van der Waals surface area (Å²) in [6.45, 7) is 3.43. The van der Waals surface area contributed by atoms with E-state index in [-0.39, 0.29) is 6.10 Å². The van der Waals surface area contributed by atoms with Crippen molar-refractivity contribution >= 4 is 11.8 Å². The summed E-state index contributed by atoms with van der Waals surface area (Å²) in [6.07, 6.45) is 3.35. The zero-order valence-corrected chi connectivity index (χ0v) is 9.02. The van der Waals surface area contributed by atoms with Gasteiger partial charge in [0.15, 0.2) is 0 Å². The van der Waals surface area contributed by atoms with Gasteiger partial charge in [0.1, 0.15) is 0 Å². The maximum absolute atomic E-state index is 9.13. The average Bonchev–Trinajstić information content (AvgIpc) is 2.43. The van der Waals surface area contributed by atoms with Gasteiger partial charge >= 0.3 is 0 Å². The second kappa shape index (κ2) is 4.20. The van der Waals surface area contributed by atoms with Crippen LogP contribution in [-0.4, -0.2) is 34.8 Å². The molecule has 0 bridgehead atoms. The molecule has 0 aromatic heterocycles. The quantitative estimate of drug-likeness (QED) is 0.720. The van der Waals surface area contributed by atoms with Gasteiger partial charge in [-0.25, -0.2) is 0 Å². The van der Waals surface area contributed by atoms with Crippen LogP contribution in [0.3, 0.4) is 0 Å². The largest absolute Gasteiger partial charge is 0.393 e. The Morgan fingerprint density at radius 1 is 1.46 bits per heavy atom. The first-order chi connectivity index (χ1) is 6.25. The lowest BCUT2D eigenvalue weighted by Gasteiger charge is -2.32. The maximum Gasteiger partial charge on any atom is 0.0546 e. The molecule has 0 aromatic rings. The number of nitrogens with one attached hydrogen (secondary N) is 1. The van der Waals surface area contributed by atoms with Crippen LogP contribution in [0.5, 0.6) is 0 Å². The van der Waals surface area contributed by atoms with Crippen molar-refractivity contribution < 1.29 is 5.11 Å². The Balaban J connectivity index is 1.62. The predicted molar refractivity (Wildman–Crippen MR) is 57.1 cm³/mol. The number of aliphatic hydroxyl groups excluding tert-OH is 1. The van der Waals surface area contributed by atoms with Crippen LogP contribution in [0.1, 0.15) is 26.2 Å². The smallest absolute Gasteiger partial charge is 0.0546 e. The first-order valence-corrected chi connectivity index (χ1v) is 6.33. The highest BCUT2D eigenvalue weighted by Gasteiger charge is 2.29. The lowest BCUT2D eigenvalue weighted by Crippen LogP contribution is -2.42. The molecule has 2 N–H and O–H groups in total. The van der Waals surface area contributed by atoms with Crippen molar-refractivity contribution in [2.45, 2.75) is 43.6 Å². The second-order valence-corrected chi connectivity index (χ2v) is 5.86. The number of hydrogen-bond acceptors (Lipinski definition) is 3. The monoisotopic (exact) mass is 201 g/mol. The van der Waals surface area contributed by atoms with E-state index in [9.17, 15) is 0 Å². The lowest BCUT2D eigenvalue weighted by molar-refractivity contribution is 0.0419. The molecule has 0 amide bonds. The third-order valence-electron chi connectivity index (χ3n) is 3.26. The minimum Gasteiger partial charge on any atom is -0.393 e. The van der Waals surface area contributed by atoms with Crippen LogP contribution in [-0.2, 0) is 0 Å². The van der Waals surface area contributed by atoms with Gasteiger partial charge in [0.25, 0.3) is 0 Å². The van der Waals surface area contributed by atoms with E-state index in [1.165, 1.54) is 12.2 Å². The van der Waals surface area contributed by atoms with E-state index < -0.39 is 0 Å². The molecule has 2 nitrogen and oxygen atoms in total. The molecular weight excluding hydrogens is 182 g/mol. The van der Waals surface area contributed by atoms with Crippen LogP contribution < -0.4 is 5.32 Å². The molecule has 0 spiro atoms. The third kappa shape index (κ3) is 2.39. The van der Waals surface area contributed by atoms with Crippen LogP contribution in [0.4, 0.5) is 0 Å². The van der Waals surface area contributed by atoms with E-state index in [1.54, 1.807) is 0 Å². The molecular formula is C10H19NOS. The molecule has 13 heavy (non-hydrogen) atoms. The molecule has 1 heterocycles. The molecule has 1 saturated carbocycles. The van der Waals surface area contributed by atoms with E-state index in [2.05, 4.69) is 24.0 Å². The number of aliphatic hydroxyl groups is 1. The van der Waals surface area contributed by atoms with Crippen LogP contribution >= 0.6 is 11.8 Å². The Labute approximate surface area is 84.5 Å². The highest BCUT2D eigenvalue weighted by Crippen LogP contribution is 2.29. The van der Waals surface area contributed by atoms with Crippen molar-refractivity contribution in [2.75, 3.05) is 12.3 Å². The lowest BCUT2D eigenvalue weighted by atomic mass is 9.82. The molecule has 2 atom stereocenters. The van der Waals surface area contributed by atoms with E-state index >= 15 is 0 Å². The van der Waals surface area contributed by atoms with Gasteiger partial charge in [-0.15, -0.1) is 0 Å². The summed E-state index contributed by atoms with van der Waals surface area (Å²) >= 11 is 2.07. The standard InChI is InChI=1S/C10H19NOS/c1-7-10(2-3-13-7)11-6-8-4-9(12)5-8/h7-12H,2-6H2,1H3. The highest BCUT2D eigenvalue weighted by atomic mass is 32.2. The molecule has 2 fully saturated rings. The van der Waals surface area contributed by atoms with Gasteiger partial charge in [-0.2, -0.15) is 11.8 Å². The zero-order chi connectivity index (χ0) is 9.26. The minimum absolute atomic E-state index is 0.00202. The van der Waals surface area contributed by atoms with Gasteiger partial charge in [0.2, 0.25) is 0 Å². The summed E-state index contributed by atoms with van der Waals surface area (Å²) in [4.78, 5) is 0. The van der Waals surface area contributed by atoms with E-state index in [4.69, 9.17) is 5.11 Å². The summed E-state index contributed by atoms with van der Waals surface area (Å²) in [5.41, 5.74) is 0. The average molecular weight is 201 g/mol. The summed E-state index contributed by atoms with van der Waals surface area (Å²) in [5, 5.41) is 13.5. The van der Waals surface area contributed by atoms with Gasteiger partial charge in [-0.05, 0) is 37.5 Å². The summed E-state index contributed by atoms with van der Waals surface area (Å²) in [6, 6.07) is 0.725. The first-order valence-electron chi connectivity index (χ1n) is 5.28. The van der Waals surface area contributed by atoms with Crippen LogP contribution in [0.25, 0.3) is 0 Å². The maximum atomic E-state index is 9.13. The van der Waals surface area contributed by atoms with Crippen molar-refractivity contribution in [3.63, 3.8) is 0 Å². The fourth-order valence-corrected chi connectivity index (χ4v) is 3.41. The molecule has 0 radical (unpaired) electrons. The normalized spacial score (nSPS) is 44.8. The predicted octanol–water partition coefficient (Wildman–Crippen LogP) is 1.24. The fourth-order valence-electron chi connectivity index (χ4n) is 2.19. The van der Waals surface area contributed by atoms with Crippen LogP contribution in [0.2, 0.25) is 0 Å². The Morgan fingerprint density at radius 2 is 2.23 bits per heavy atom. The number of rotatable bonds is 3. The number of hydrogen-bond donors (Lipinski definition) is 2. The molecule has 2 rings (SSSR count). The Hall–Kier alpha value is 0.270. The first kappa shape index (κ1) is 9.81. The summed E-state index contributed by atoms with van der Waals surface area (Å²) < 4.78 is 0. The van der Waals surface area contributed by atoms with E-state index in [0.29, 0.717) is 0 Å². The molecule has 1 aliphatic heterocycles. The van der Waals surface area contributed by atoms with E-state index in [0.717, 1.165) is 36.6 Å². The SMILES string of the molecule is CC1SCCC1NCC1CC(O)C1. The van der Waals surface area contributed by atoms with Gasteiger partial charge in [-0.3, -0.25) is 0 Å². The van der Waals surface area contributed by atoms with Crippen molar-refractivity contribution in [1.29, 1.82) is 0 Å². The van der Waals surface area contributed by atoms with Crippen LogP contribution in [0, 0.1) is 5.92 Å². The van der Waals surface area contributed by atoms with Crippen molar-refractivity contribution in [1.82, 2.24) is 5.32 Å². The number of thioether (sulfide) groups is 1. The third-order valence-corrected chi connectivity index (χ3v) is 4.58. The molecule has 0 aromatic carbocycles. The van der Waals surface area contributed by atoms with Crippen molar-refractivity contribution in [3.05, 3.63) is 0 Å². The van der Waals surface area contributed by atoms with Crippen LogP contribution in [0.15, 0.2) is 0 Å². The van der Waals surface area contributed by atoms with Crippen molar-refractivity contribution in [2.24, 2.45) is 5.92 Å². The summed E-state index contributed by atoms with van der Waals surface area (Å²) in [5.74, 6) is 2.05. The summed E-state index contributed by atoms with van der Waals surface area (Å²) in [7, 11) is 0. The van der Waals surface area contributed by atoms with Crippen molar-refractivity contribution in [3.8, 4) is 0 Å². The molecule has 1 saturated heterocycles. The zero-order valence-electron chi connectivity index (χ0n) is 8.20. The van der Waals surface area contributed by atoms with E-state index in [1.807, 2.05) is 0 Å². The molecule has 1 aliphatic carbocycles. The fraction of sp³-hybridized carbons (Fsp3) is 1.00. The molecule has 2 unspecified atom stereocenters. The minimum atomic E-state index is 0.00202. The Morgan fingerprint density at radius 3 is 2.77 bits per heavy atom. The topological polar surface area (TPSA) is 32.3 Å². The molecule has 76 valence electrons. The Kier molecular flexibility index (Phi) is 3.17.